The summed E-state index contributed by atoms with van der Waals surface area (Å²) in [5.41, 5.74) is 1.64. The van der Waals surface area contributed by atoms with E-state index in [-0.39, 0.29) is 0 Å². The highest BCUT2D eigenvalue weighted by molar-refractivity contribution is 5.39. The molecule has 2 atom stereocenters. The van der Waals surface area contributed by atoms with E-state index in [0.717, 1.165) is 44.2 Å². The van der Waals surface area contributed by atoms with Crippen molar-refractivity contribution in [1.29, 1.82) is 0 Å². The van der Waals surface area contributed by atoms with E-state index in [9.17, 15) is 0 Å². The number of hydrogen-bond acceptors (Lipinski definition) is 5. The van der Waals surface area contributed by atoms with Gasteiger partial charge >= 0.3 is 0 Å². The number of aryl methyl sites for hydroxylation is 1. The average Bonchev–Trinajstić information content (AvgIpc) is 3.04. The zero-order valence-electron chi connectivity index (χ0n) is 15.5. The quantitative estimate of drug-likeness (QED) is 0.910. The van der Waals surface area contributed by atoms with Gasteiger partial charge in [-0.25, -0.2) is 9.97 Å². The molecule has 138 valence electrons. The Morgan fingerprint density at radius 3 is 2.92 bits per heavy atom. The average molecular weight is 345 g/mol. The van der Waals surface area contributed by atoms with E-state index in [1.807, 2.05) is 0 Å². The number of ether oxygens (including phenoxy) is 1. The molecule has 1 aromatic rings. The molecule has 2 aliphatic heterocycles. The van der Waals surface area contributed by atoms with Crippen LogP contribution in [0.4, 0.5) is 5.82 Å². The number of anilines is 1. The van der Waals surface area contributed by atoms with Crippen LogP contribution in [0.25, 0.3) is 0 Å². The molecular weight excluding hydrogens is 312 g/mol. The Morgan fingerprint density at radius 1 is 1.20 bits per heavy atom. The lowest BCUT2D eigenvalue weighted by Crippen LogP contribution is -2.54. The van der Waals surface area contributed by atoms with Gasteiger partial charge in [-0.05, 0) is 50.4 Å². The Kier molecular flexibility index (Phi) is 5.23. The van der Waals surface area contributed by atoms with Crippen LogP contribution in [0.3, 0.4) is 0 Å². The zero-order chi connectivity index (χ0) is 17.1. The number of hydrogen-bond donors (Lipinski definition) is 1. The van der Waals surface area contributed by atoms with Gasteiger partial charge in [0.1, 0.15) is 12.1 Å². The van der Waals surface area contributed by atoms with Crippen LogP contribution in [0.2, 0.25) is 0 Å². The third kappa shape index (κ3) is 3.68. The topological polar surface area (TPSA) is 50.3 Å². The van der Waals surface area contributed by atoms with E-state index in [1.165, 1.54) is 44.9 Å². The third-order valence-electron chi connectivity index (χ3n) is 6.65. The summed E-state index contributed by atoms with van der Waals surface area (Å²) in [5, 5.41) is 4.07. The van der Waals surface area contributed by atoms with Gasteiger partial charge in [0.2, 0.25) is 0 Å². The van der Waals surface area contributed by atoms with Gasteiger partial charge in [0, 0.05) is 50.1 Å². The first-order valence-electron chi connectivity index (χ1n) is 10.2. The molecule has 25 heavy (non-hydrogen) atoms. The van der Waals surface area contributed by atoms with Gasteiger partial charge < -0.3 is 15.0 Å². The van der Waals surface area contributed by atoms with Crippen LogP contribution in [0.5, 0.6) is 0 Å². The second-order valence-corrected chi connectivity index (χ2v) is 8.09. The third-order valence-corrected chi connectivity index (χ3v) is 6.65. The van der Waals surface area contributed by atoms with Crippen LogP contribution in [0.1, 0.15) is 57.6 Å². The number of piperidine rings is 1. The van der Waals surface area contributed by atoms with Crippen LogP contribution in [0.15, 0.2) is 12.4 Å². The van der Waals surface area contributed by atoms with Crippen LogP contribution in [-0.4, -0.2) is 48.4 Å². The van der Waals surface area contributed by atoms with E-state index in [0.29, 0.717) is 17.5 Å². The van der Waals surface area contributed by atoms with E-state index in [2.05, 4.69) is 33.2 Å². The molecule has 0 aromatic carbocycles. The highest BCUT2D eigenvalue weighted by Gasteiger charge is 2.44. The molecule has 2 saturated heterocycles. The highest BCUT2D eigenvalue weighted by Crippen LogP contribution is 2.46. The van der Waals surface area contributed by atoms with E-state index in [4.69, 9.17) is 4.74 Å². The maximum atomic E-state index is 5.64. The van der Waals surface area contributed by atoms with Gasteiger partial charge in [0.05, 0.1) is 0 Å². The normalized spacial score (nSPS) is 29.2. The van der Waals surface area contributed by atoms with E-state index >= 15 is 0 Å². The number of rotatable bonds is 4. The molecule has 0 bridgehead atoms. The van der Waals surface area contributed by atoms with Crippen molar-refractivity contribution in [2.75, 3.05) is 31.2 Å². The van der Waals surface area contributed by atoms with Gasteiger partial charge in [-0.3, -0.25) is 0 Å². The molecule has 1 spiro atoms. The van der Waals surface area contributed by atoms with Crippen molar-refractivity contribution >= 4 is 5.82 Å². The lowest BCUT2D eigenvalue weighted by molar-refractivity contribution is 0.00219. The van der Waals surface area contributed by atoms with Crippen molar-refractivity contribution in [3.63, 3.8) is 0 Å². The Labute approximate surface area is 151 Å². The van der Waals surface area contributed by atoms with E-state index in [1.54, 1.807) is 6.33 Å². The maximum Gasteiger partial charge on any atom is 0.132 e. The molecule has 0 unspecified atom stereocenters. The summed E-state index contributed by atoms with van der Waals surface area (Å²) < 4.78 is 5.64. The predicted molar refractivity (Wildman–Crippen MR) is 99.9 cm³/mol. The highest BCUT2D eigenvalue weighted by atomic mass is 16.5. The lowest BCUT2D eigenvalue weighted by Gasteiger charge is -2.43. The molecule has 4 rings (SSSR count). The minimum absolute atomic E-state index is 0.505. The Balaban J connectivity index is 1.41. The zero-order valence-corrected chi connectivity index (χ0v) is 15.5. The van der Waals surface area contributed by atoms with Gasteiger partial charge in [-0.1, -0.05) is 13.3 Å². The van der Waals surface area contributed by atoms with Crippen molar-refractivity contribution in [2.45, 2.75) is 70.4 Å². The summed E-state index contributed by atoms with van der Waals surface area (Å²) >= 11 is 0. The first-order valence-corrected chi connectivity index (χ1v) is 10.2. The fourth-order valence-electron chi connectivity index (χ4n) is 5.13. The van der Waals surface area contributed by atoms with Crippen LogP contribution in [0, 0.1) is 5.41 Å². The van der Waals surface area contributed by atoms with Crippen molar-refractivity contribution in [1.82, 2.24) is 15.3 Å². The molecule has 1 saturated carbocycles. The second kappa shape index (κ2) is 7.58. The summed E-state index contributed by atoms with van der Waals surface area (Å²) in [6, 6.07) is 3.42. The number of nitrogens with one attached hydrogen (secondary N) is 1. The SMILES string of the molecule is CCc1cc(N2CCC[C@H](N[C@@H]3CCCC34CCOCC4)C2)ncn1. The standard InChI is InChI=1S/C20H32N4O/c1-2-16-13-19(22-15-21-16)24-10-4-5-17(14-24)23-18-6-3-7-20(18)8-11-25-12-9-20/h13,15,17-18,23H,2-12,14H2,1H3/t17-,18+/m0/s1. The molecule has 1 aliphatic carbocycles. The van der Waals surface area contributed by atoms with Gasteiger partial charge in [0.25, 0.3) is 0 Å². The smallest absolute Gasteiger partial charge is 0.132 e. The summed E-state index contributed by atoms with van der Waals surface area (Å²) in [7, 11) is 0. The van der Waals surface area contributed by atoms with Crippen molar-refractivity contribution < 1.29 is 4.74 Å². The molecule has 3 fully saturated rings. The minimum atomic E-state index is 0.505. The molecule has 1 N–H and O–H groups in total. The fourth-order valence-corrected chi connectivity index (χ4v) is 5.13. The molecule has 1 aromatic heterocycles. The largest absolute Gasteiger partial charge is 0.381 e. The minimum Gasteiger partial charge on any atom is -0.381 e. The Hall–Kier alpha value is -1.20. The van der Waals surface area contributed by atoms with Crippen molar-refractivity contribution in [3.05, 3.63) is 18.1 Å². The number of nitrogens with zero attached hydrogens (tertiary/aromatic N) is 3. The van der Waals surface area contributed by atoms with Crippen LogP contribution >= 0.6 is 0 Å². The molecule has 5 nitrogen and oxygen atoms in total. The first-order chi connectivity index (χ1) is 12.3. The van der Waals surface area contributed by atoms with Gasteiger partial charge in [-0.15, -0.1) is 0 Å². The molecular formula is C20H32N4O. The van der Waals surface area contributed by atoms with Crippen LogP contribution in [-0.2, 0) is 11.2 Å². The molecule has 3 aliphatic rings. The predicted octanol–water partition coefficient (Wildman–Crippen LogP) is 2.95. The molecule has 0 radical (unpaired) electrons. The summed E-state index contributed by atoms with van der Waals surface area (Å²) in [6.45, 7) is 6.25. The Morgan fingerprint density at radius 2 is 2.08 bits per heavy atom. The summed E-state index contributed by atoms with van der Waals surface area (Å²) in [4.78, 5) is 11.3. The summed E-state index contributed by atoms with van der Waals surface area (Å²) in [5.74, 6) is 1.10. The van der Waals surface area contributed by atoms with Crippen molar-refractivity contribution in [3.8, 4) is 0 Å². The molecule has 3 heterocycles. The lowest BCUT2D eigenvalue weighted by atomic mass is 9.75. The first kappa shape index (κ1) is 17.2. The van der Waals surface area contributed by atoms with E-state index < -0.39 is 0 Å². The summed E-state index contributed by atoms with van der Waals surface area (Å²) in [6.07, 6.45) is 11.8. The fraction of sp³-hybridized carbons (Fsp3) is 0.800. The van der Waals surface area contributed by atoms with Crippen molar-refractivity contribution in [2.24, 2.45) is 5.41 Å². The Bertz CT molecular complexity index is 573. The van der Waals surface area contributed by atoms with Gasteiger partial charge in [0.15, 0.2) is 0 Å². The maximum absolute atomic E-state index is 5.64. The molecule has 5 heteroatoms. The second-order valence-electron chi connectivity index (χ2n) is 8.09. The monoisotopic (exact) mass is 344 g/mol. The van der Waals surface area contributed by atoms with Gasteiger partial charge in [-0.2, -0.15) is 0 Å². The van der Waals surface area contributed by atoms with Crippen LogP contribution < -0.4 is 10.2 Å². The number of aromatic nitrogens is 2. The molecule has 0 amide bonds.